The van der Waals surface area contributed by atoms with E-state index in [4.69, 9.17) is 21.4 Å². The van der Waals surface area contributed by atoms with Crippen LogP contribution in [0.5, 0.6) is 0 Å². The van der Waals surface area contributed by atoms with Crippen molar-refractivity contribution in [1.82, 2.24) is 9.31 Å². The molecule has 8 nitrogen and oxygen atoms in total. The molecule has 0 aromatic heterocycles. The highest BCUT2D eigenvalue weighted by molar-refractivity contribution is 7.89. The second-order valence-corrected chi connectivity index (χ2v) is 14.6. The Morgan fingerprint density at radius 2 is 1.60 bits per heavy atom. The highest BCUT2D eigenvalue weighted by atomic mass is 35.5. The van der Waals surface area contributed by atoms with Gasteiger partial charge in [-0.3, -0.25) is 4.79 Å². The molecule has 4 aromatic carbocycles. The molecule has 1 aliphatic carbocycles. The molecule has 3 aliphatic rings. The number of carbonyl (C=O) groups excluding carboxylic acids is 2. The molecule has 48 heavy (non-hydrogen) atoms. The molecule has 2 aliphatic heterocycles. The molecule has 10 heteroatoms. The first-order valence-corrected chi connectivity index (χ1v) is 17.9. The number of sulfonamides is 1. The summed E-state index contributed by atoms with van der Waals surface area (Å²) < 4.78 is 34.1. The minimum absolute atomic E-state index is 0.00570. The first-order chi connectivity index (χ1) is 23.3. The molecule has 244 valence electrons. The molecule has 0 unspecified atom stereocenters. The van der Waals surface area contributed by atoms with Crippen molar-refractivity contribution in [3.63, 3.8) is 0 Å². The van der Waals surface area contributed by atoms with Crippen LogP contribution in [0.3, 0.4) is 0 Å². The fraction of sp³-hybridized carbons (Fsp3) is 0.237. The normalized spacial score (nSPS) is 20.1. The predicted molar refractivity (Wildman–Crippen MR) is 185 cm³/mol. The minimum Gasteiger partial charge on any atom is -0.452 e. The van der Waals surface area contributed by atoms with E-state index in [0.29, 0.717) is 13.0 Å². The van der Waals surface area contributed by atoms with Gasteiger partial charge in [-0.1, -0.05) is 96.5 Å². The summed E-state index contributed by atoms with van der Waals surface area (Å²) in [5.74, 6) is -1.38. The Balaban J connectivity index is 1.11. The molecule has 0 bridgehead atoms. The number of rotatable bonds is 7. The van der Waals surface area contributed by atoms with E-state index in [9.17, 15) is 18.0 Å². The zero-order valence-corrected chi connectivity index (χ0v) is 27.7. The van der Waals surface area contributed by atoms with E-state index in [1.54, 1.807) is 0 Å². The van der Waals surface area contributed by atoms with E-state index in [0.717, 1.165) is 52.8 Å². The molecule has 7 rings (SSSR count). The lowest BCUT2D eigenvalue weighted by Gasteiger charge is -2.29. The number of hydrazone groups is 1. The van der Waals surface area contributed by atoms with E-state index in [-0.39, 0.29) is 34.0 Å². The number of amides is 1. The van der Waals surface area contributed by atoms with E-state index in [1.165, 1.54) is 27.5 Å². The van der Waals surface area contributed by atoms with Crippen molar-refractivity contribution in [2.24, 2.45) is 11.0 Å². The number of allylic oxidation sites excluding steroid dienone is 1. The minimum atomic E-state index is -3.93. The first kappa shape index (κ1) is 32.0. The maximum atomic E-state index is 13.8. The number of hydrogen-bond acceptors (Lipinski definition) is 6. The smallest absolute Gasteiger partial charge is 0.340 e. The van der Waals surface area contributed by atoms with Gasteiger partial charge >= 0.3 is 5.97 Å². The van der Waals surface area contributed by atoms with Crippen LogP contribution in [0.4, 0.5) is 0 Å². The van der Waals surface area contributed by atoms with Gasteiger partial charge in [0.2, 0.25) is 10.0 Å². The van der Waals surface area contributed by atoms with Gasteiger partial charge in [-0.25, -0.2) is 18.2 Å². The summed E-state index contributed by atoms with van der Waals surface area (Å²) in [5.41, 5.74) is 5.92. The fourth-order valence-electron chi connectivity index (χ4n) is 6.86. The quantitative estimate of drug-likeness (QED) is 0.195. The predicted octanol–water partition coefficient (Wildman–Crippen LogP) is 7.07. The van der Waals surface area contributed by atoms with E-state index in [1.807, 2.05) is 84.9 Å². The lowest BCUT2D eigenvalue weighted by atomic mass is 9.77. The van der Waals surface area contributed by atoms with Crippen molar-refractivity contribution < 1.29 is 22.7 Å². The van der Waals surface area contributed by atoms with Crippen molar-refractivity contribution in [1.29, 1.82) is 0 Å². The van der Waals surface area contributed by atoms with Gasteiger partial charge in [0.25, 0.3) is 5.91 Å². The molecule has 4 aromatic rings. The zero-order valence-electron chi connectivity index (χ0n) is 26.2. The number of esters is 1. The van der Waals surface area contributed by atoms with Crippen molar-refractivity contribution in [3.8, 4) is 0 Å². The van der Waals surface area contributed by atoms with Gasteiger partial charge in [-0.05, 0) is 77.8 Å². The topological polar surface area (TPSA) is 96.4 Å². The maximum absolute atomic E-state index is 13.8. The third-order valence-electron chi connectivity index (χ3n) is 9.26. The summed E-state index contributed by atoms with van der Waals surface area (Å²) in [5, 5.41) is 6.33. The summed E-state index contributed by atoms with van der Waals surface area (Å²) in [6.07, 6.45) is 5.41. The van der Waals surface area contributed by atoms with Crippen LogP contribution in [0.2, 0.25) is 5.02 Å². The lowest BCUT2D eigenvalue weighted by molar-refractivity contribution is -0.137. The van der Waals surface area contributed by atoms with Crippen LogP contribution in [0.1, 0.15) is 57.9 Å². The van der Waals surface area contributed by atoms with Crippen LogP contribution in [-0.2, 0) is 32.5 Å². The van der Waals surface area contributed by atoms with Crippen LogP contribution in [0.15, 0.2) is 119 Å². The molecule has 0 spiro atoms. The lowest BCUT2D eigenvalue weighted by Crippen LogP contribution is -2.36. The van der Waals surface area contributed by atoms with E-state index in [2.05, 4.69) is 6.08 Å². The zero-order chi connectivity index (χ0) is 33.3. The molecule has 2 heterocycles. The molecular weight excluding hydrogens is 646 g/mol. The standard InChI is InChI=1S/C38H34ClN3O5S/c39-34-19-18-31(48(45,46)41-21-20-27-12-7-8-15-30(27)24-41)23-33(34)38(44)47-25-35(43)42-37(28-13-5-2-6-14-28)32-17-9-16-29(36(32)40-42)22-26-10-3-1-4-11-26/h1-8,10-15,18-19,22-23,32,37H,9,16-17,20-21,24-25H2/b29-22-/t32-,37+/m0/s1. The number of carbonyl (C=O) groups is 2. The van der Waals surface area contributed by atoms with Gasteiger partial charge in [-0.2, -0.15) is 9.41 Å². The third-order valence-corrected chi connectivity index (χ3v) is 11.4. The molecule has 1 amide bonds. The van der Waals surface area contributed by atoms with Gasteiger partial charge in [0.15, 0.2) is 6.61 Å². The highest BCUT2D eigenvalue weighted by Crippen LogP contribution is 2.44. The summed E-state index contributed by atoms with van der Waals surface area (Å²) in [6.45, 7) is -0.0282. The van der Waals surface area contributed by atoms with Crippen LogP contribution in [0, 0.1) is 5.92 Å². The van der Waals surface area contributed by atoms with Crippen LogP contribution < -0.4 is 0 Å². The second kappa shape index (κ2) is 13.5. The van der Waals surface area contributed by atoms with E-state index < -0.39 is 28.5 Å². The highest BCUT2D eigenvalue weighted by Gasteiger charge is 2.44. The number of hydrogen-bond donors (Lipinski definition) is 0. The van der Waals surface area contributed by atoms with Gasteiger partial charge < -0.3 is 4.74 Å². The van der Waals surface area contributed by atoms with E-state index >= 15 is 0 Å². The number of ether oxygens (including phenoxy) is 1. The van der Waals surface area contributed by atoms with Crippen LogP contribution in [0.25, 0.3) is 6.08 Å². The SMILES string of the molecule is O=C(OCC(=O)N1N=C2/C(=C\c3ccccc3)CCC[C@@H]2[C@H]1c1ccccc1)c1cc(S(=O)(=O)N2CCc3ccccc3C2)ccc1Cl. The monoisotopic (exact) mass is 679 g/mol. The third kappa shape index (κ3) is 6.33. The second-order valence-electron chi connectivity index (χ2n) is 12.2. The Morgan fingerprint density at radius 1 is 0.896 bits per heavy atom. The average Bonchev–Trinajstić information content (AvgIpc) is 3.52. The van der Waals surface area contributed by atoms with Crippen LogP contribution in [-0.4, -0.2) is 48.5 Å². The Labute approximate surface area is 285 Å². The van der Waals surface area contributed by atoms with Gasteiger partial charge in [-0.15, -0.1) is 0 Å². The molecule has 2 atom stereocenters. The van der Waals surface area contributed by atoms with Gasteiger partial charge in [0.1, 0.15) is 0 Å². The molecule has 0 radical (unpaired) electrons. The van der Waals surface area contributed by atoms with Crippen molar-refractivity contribution in [2.45, 2.75) is 43.2 Å². The molecule has 0 saturated heterocycles. The van der Waals surface area contributed by atoms with Gasteiger partial charge in [0, 0.05) is 19.0 Å². The van der Waals surface area contributed by atoms with Crippen molar-refractivity contribution >= 4 is 45.3 Å². The average molecular weight is 680 g/mol. The van der Waals surface area contributed by atoms with Crippen molar-refractivity contribution in [2.75, 3.05) is 13.2 Å². The summed E-state index contributed by atoms with van der Waals surface area (Å²) in [7, 11) is -3.93. The maximum Gasteiger partial charge on any atom is 0.340 e. The Bertz CT molecular complexity index is 2030. The molecule has 1 fully saturated rings. The fourth-order valence-corrected chi connectivity index (χ4v) is 8.50. The summed E-state index contributed by atoms with van der Waals surface area (Å²) in [4.78, 5) is 27.0. The molecule has 0 N–H and O–H groups in total. The summed E-state index contributed by atoms with van der Waals surface area (Å²) >= 11 is 6.37. The largest absolute Gasteiger partial charge is 0.452 e. The van der Waals surface area contributed by atoms with Crippen molar-refractivity contribution in [3.05, 3.63) is 142 Å². The Morgan fingerprint density at radius 3 is 2.38 bits per heavy atom. The number of halogens is 1. The first-order valence-electron chi connectivity index (χ1n) is 16.0. The van der Waals surface area contributed by atoms with Gasteiger partial charge in [0.05, 0.1) is 27.2 Å². The Hall–Kier alpha value is -4.57. The number of nitrogens with zero attached hydrogens (tertiary/aromatic N) is 3. The Kier molecular flexibility index (Phi) is 9.00. The van der Waals surface area contributed by atoms with Crippen LogP contribution >= 0.6 is 11.6 Å². The summed E-state index contributed by atoms with van der Waals surface area (Å²) in [6, 6.07) is 31.2. The number of benzene rings is 4. The molecular formula is C38H34ClN3O5S. The number of fused-ring (bicyclic) bond motifs is 2. The molecule has 1 saturated carbocycles.